The summed E-state index contributed by atoms with van der Waals surface area (Å²) in [6.45, 7) is 3.26. The number of benzene rings is 1. The van der Waals surface area contributed by atoms with Crippen LogP contribution in [-0.2, 0) is 19.0 Å². The lowest BCUT2D eigenvalue weighted by Crippen LogP contribution is -2.10. The van der Waals surface area contributed by atoms with Crippen LogP contribution in [0.25, 0.3) is 11.0 Å². The van der Waals surface area contributed by atoms with Gasteiger partial charge in [-0.15, -0.1) is 21.8 Å². The van der Waals surface area contributed by atoms with Crippen LogP contribution in [0.1, 0.15) is 18.6 Å². The summed E-state index contributed by atoms with van der Waals surface area (Å²) in [5.74, 6) is 1.45. The number of nitrogens with zero attached hydrogens (tertiary/aromatic N) is 5. The predicted molar refractivity (Wildman–Crippen MR) is 74.0 cm³/mol. The van der Waals surface area contributed by atoms with Gasteiger partial charge < -0.3 is 9.13 Å². The van der Waals surface area contributed by atoms with Crippen molar-refractivity contribution in [3.05, 3.63) is 42.0 Å². The Bertz CT molecular complexity index is 748. The van der Waals surface area contributed by atoms with Crippen LogP contribution in [0, 0.1) is 5.82 Å². The molecule has 20 heavy (non-hydrogen) atoms. The first-order chi connectivity index (χ1) is 9.72. The second kappa shape index (κ2) is 5.20. The molecule has 0 saturated carbocycles. The Hall–Kier alpha value is -1.95. The molecule has 0 unspecified atom stereocenters. The highest BCUT2D eigenvalue weighted by Gasteiger charge is 2.13. The molecule has 0 spiro atoms. The maximum atomic E-state index is 13.4. The maximum Gasteiger partial charge on any atom is 0.152 e. The number of imidazole rings is 1. The molecule has 1 aromatic carbocycles. The van der Waals surface area contributed by atoms with Gasteiger partial charge in [0.15, 0.2) is 5.82 Å². The van der Waals surface area contributed by atoms with Crippen molar-refractivity contribution in [3.8, 4) is 0 Å². The summed E-state index contributed by atoms with van der Waals surface area (Å²) in [5.41, 5.74) is 1.44. The monoisotopic (exact) mass is 293 g/mol. The lowest BCUT2D eigenvalue weighted by atomic mass is 10.3. The van der Waals surface area contributed by atoms with Gasteiger partial charge >= 0.3 is 0 Å². The number of alkyl halides is 1. The van der Waals surface area contributed by atoms with Gasteiger partial charge in [-0.1, -0.05) is 0 Å². The summed E-state index contributed by atoms with van der Waals surface area (Å²) in [6.07, 6.45) is 1.68. The van der Waals surface area contributed by atoms with E-state index in [1.165, 1.54) is 12.1 Å². The average Bonchev–Trinajstić information content (AvgIpc) is 3.04. The standard InChI is InChI=1S/C13H13ClFN5/c1-2-19-8-16-18-13(19)7-20-11-5-9(15)3-4-10(11)17-12(20)6-14/h3-5,8H,2,6-7H2,1H3. The summed E-state index contributed by atoms with van der Waals surface area (Å²) in [4.78, 5) is 4.42. The van der Waals surface area contributed by atoms with Gasteiger partial charge in [-0.3, -0.25) is 0 Å². The molecule has 3 rings (SSSR count). The molecular formula is C13H13ClFN5. The highest BCUT2D eigenvalue weighted by atomic mass is 35.5. The van der Waals surface area contributed by atoms with Crippen molar-refractivity contribution in [2.45, 2.75) is 25.9 Å². The summed E-state index contributed by atoms with van der Waals surface area (Å²) >= 11 is 5.94. The Morgan fingerprint density at radius 3 is 2.90 bits per heavy atom. The van der Waals surface area contributed by atoms with Crippen molar-refractivity contribution >= 4 is 22.6 Å². The number of hydrogen-bond donors (Lipinski definition) is 0. The highest BCUT2D eigenvalue weighted by molar-refractivity contribution is 6.16. The second-order valence-electron chi connectivity index (χ2n) is 4.41. The second-order valence-corrected chi connectivity index (χ2v) is 4.68. The van der Waals surface area contributed by atoms with Crippen LogP contribution in [0.3, 0.4) is 0 Å². The van der Waals surface area contributed by atoms with Gasteiger partial charge in [-0.25, -0.2) is 9.37 Å². The molecule has 0 radical (unpaired) electrons. The minimum absolute atomic E-state index is 0.260. The van der Waals surface area contributed by atoms with Gasteiger partial charge in [0, 0.05) is 6.54 Å². The van der Waals surface area contributed by atoms with E-state index < -0.39 is 0 Å². The molecule has 5 nitrogen and oxygen atoms in total. The Morgan fingerprint density at radius 1 is 1.30 bits per heavy atom. The Balaban J connectivity index is 2.11. The number of rotatable bonds is 4. The molecule has 0 aliphatic heterocycles. The Kier molecular flexibility index (Phi) is 3.40. The zero-order chi connectivity index (χ0) is 14.1. The van der Waals surface area contributed by atoms with Crippen molar-refractivity contribution in [2.24, 2.45) is 0 Å². The fraction of sp³-hybridized carbons (Fsp3) is 0.308. The Morgan fingerprint density at radius 2 is 2.15 bits per heavy atom. The molecule has 0 amide bonds. The lowest BCUT2D eigenvalue weighted by molar-refractivity contribution is 0.625. The van der Waals surface area contributed by atoms with E-state index >= 15 is 0 Å². The Labute approximate surface area is 120 Å². The van der Waals surface area contributed by atoms with Gasteiger partial charge in [-0.2, -0.15) is 0 Å². The number of aromatic nitrogens is 5. The molecule has 0 aliphatic rings. The zero-order valence-electron chi connectivity index (χ0n) is 10.9. The van der Waals surface area contributed by atoms with Crippen LogP contribution in [0.4, 0.5) is 4.39 Å². The largest absolute Gasteiger partial charge is 0.319 e. The van der Waals surface area contributed by atoms with Crippen molar-refractivity contribution in [3.63, 3.8) is 0 Å². The number of hydrogen-bond acceptors (Lipinski definition) is 3. The van der Waals surface area contributed by atoms with Gasteiger partial charge in [0.05, 0.1) is 23.5 Å². The number of fused-ring (bicyclic) bond motifs is 1. The third-order valence-corrected chi connectivity index (χ3v) is 3.48. The fourth-order valence-corrected chi connectivity index (χ4v) is 2.44. The van der Waals surface area contributed by atoms with E-state index in [9.17, 15) is 4.39 Å². The average molecular weight is 294 g/mol. The number of aryl methyl sites for hydroxylation is 1. The minimum Gasteiger partial charge on any atom is -0.319 e. The van der Waals surface area contributed by atoms with Gasteiger partial charge in [0.2, 0.25) is 0 Å². The molecular weight excluding hydrogens is 281 g/mol. The predicted octanol–water partition coefficient (Wildman–Crippen LogP) is 2.57. The van der Waals surface area contributed by atoms with E-state index in [0.29, 0.717) is 17.9 Å². The topological polar surface area (TPSA) is 48.5 Å². The van der Waals surface area contributed by atoms with Gasteiger partial charge in [0.25, 0.3) is 0 Å². The third-order valence-electron chi connectivity index (χ3n) is 3.24. The van der Waals surface area contributed by atoms with Crippen molar-refractivity contribution in [1.82, 2.24) is 24.3 Å². The van der Waals surface area contributed by atoms with E-state index in [0.717, 1.165) is 17.9 Å². The molecule has 2 heterocycles. The van der Waals surface area contributed by atoms with Crippen molar-refractivity contribution < 1.29 is 4.39 Å². The molecule has 3 aromatic rings. The smallest absolute Gasteiger partial charge is 0.152 e. The van der Waals surface area contributed by atoms with Crippen LogP contribution < -0.4 is 0 Å². The quantitative estimate of drug-likeness (QED) is 0.695. The van der Waals surface area contributed by atoms with Gasteiger partial charge in [-0.05, 0) is 25.1 Å². The normalized spacial score (nSPS) is 11.3. The summed E-state index contributed by atoms with van der Waals surface area (Å²) in [5, 5.41) is 7.99. The van der Waals surface area contributed by atoms with E-state index in [1.54, 1.807) is 12.4 Å². The molecule has 0 fully saturated rings. The third kappa shape index (κ3) is 2.16. The van der Waals surface area contributed by atoms with E-state index in [4.69, 9.17) is 11.6 Å². The molecule has 0 bridgehead atoms. The molecule has 0 saturated heterocycles. The molecule has 0 aliphatic carbocycles. The number of halogens is 2. The highest BCUT2D eigenvalue weighted by Crippen LogP contribution is 2.20. The maximum absolute atomic E-state index is 13.4. The van der Waals surface area contributed by atoms with E-state index in [1.807, 2.05) is 16.1 Å². The molecule has 0 N–H and O–H groups in total. The van der Waals surface area contributed by atoms with Crippen molar-refractivity contribution in [2.75, 3.05) is 0 Å². The fourth-order valence-electron chi connectivity index (χ4n) is 2.23. The minimum atomic E-state index is -0.295. The van der Waals surface area contributed by atoms with E-state index in [-0.39, 0.29) is 11.7 Å². The SMILES string of the molecule is CCn1cnnc1Cn1c(CCl)nc2ccc(F)cc21. The first-order valence-electron chi connectivity index (χ1n) is 6.30. The van der Waals surface area contributed by atoms with Crippen LogP contribution in [-0.4, -0.2) is 24.3 Å². The van der Waals surface area contributed by atoms with Crippen LogP contribution >= 0.6 is 11.6 Å². The van der Waals surface area contributed by atoms with Crippen LogP contribution in [0.5, 0.6) is 0 Å². The van der Waals surface area contributed by atoms with E-state index in [2.05, 4.69) is 15.2 Å². The lowest BCUT2D eigenvalue weighted by Gasteiger charge is -2.08. The molecule has 0 atom stereocenters. The molecule has 2 aromatic heterocycles. The molecule has 104 valence electrons. The first kappa shape index (κ1) is 13.1. The van der Waals surface area contributed by atoms with Gasteiger partial charge in [0.1, 0.15) is 18.0 Å². The zero-order valence-corrected chi connectivity index (χ0v) is 11.7. The molecule has 7 heteroatoms. The van der Waals surface area contributed by atoms with Crippen molar-refractivity contribution in [1.29, 1.82) is 0 Å². The first-order valence-corrected chi connectivity index (χ1v) is 6.83. The van der Waals surface area contributed by atoms with Crippen LogP contribution in [0.15, 0.2) is 24.5 Å². The van der Waals surface area contributed by atoms with Crippen LogP contribution in [0.2, 0.25) is 0 Å². The summed E-state index contributed by atoms with van der Waals surface area (Å²) in [7, 11) is 0. The summed E-state index contributed by atoms with van der Waals surface area (Å²) in [6, 6.07) is 4.51. The summed E-state index contributed by atoms with van der Waals surface area (Å²) < 4.78 is 17.3.